The van der Waals surface area contributed by atoms with Crippen LogP contribution in [0.25, 0.3) is 5.82 Å². The van der Waals surface area contributed by atoms with Crippen LogP contribution in [0.15, 0.2) is 41.4 Å². The standard InChI is InChI=1S/C22H23N5O2S/c1-13-11-14(2)27(25-13)20-7-8-21(24-23-20)30-15(3)22(29)18-5-6-19-17(12-18)9-10-26(19)16(4)28/h5-8,11-12,15H,9-10H2,1-4H3. The fourth-order valence-electron chi connectivity index (χ4n) is 3.70. The molecule has 0 aliphatic carbocycles. The number of hydrogen-bond acceptors (Lipinski definition) is 6. The van der Waals surface area contributed by atoms with E-state index in [4.69, 9.17) is 0 Å². The number of ketones is 1. The number of fused-ring (bicyclic) bond motifs is 1. The zero-order chi connectivity index (χ0) is 21.4. The lowest BCUT2D eigenvalue weighted by atomic mass is 10.0. The summed E-state index contributed by atoms with van der Waals surface area (Å²) in [6.45, 7) is 8.01. The first-order valence-corrected chi connectivity index (χ1v) is 10.7. The molecule has 7 nitrogen and oxygen atoms in total. The van der Waals surface area contributed by atoms with Crippen LogP contribution in [0.1, 0.15) is 41.2 Å². The normalized spacial score (nSPS) is 13.9. The van der Waals surface area contributed by atoms with Crippen molar-refractivity contribution in [1.82, 2.24) is 20.0 Å². The molecule has 1 amide bonds. The van der Waals surface area contributed by atoms with Gasteiger partial charge in [-0.2, -0.15) is 5.10 Å². The molecule has 3 heterocycles. The Balaban J connectivity index is 1.46. The van der Waals surface area contributed by atoms with Crippen molar-refractivity contribution in [3.05, 3.63) is 58.9 Å². The number of amides is 1. The Labute approximate surface area is 179 Å². The number of carbonyl (C=O) groups excluding carboxylic acids is 2. The van der Waals surface area contributed by atoms with Crippen LogP contribution in [0.5, 0.6) is 0 Å². The maximum Gasteiger partial charge on any atom is 0.223 e. The highest BCUT2D eigenvalue weighted by atomic mass is 32.2. The number of carbonyl (C=O) groups is 2. The fraction of sp³-hybridized carbons (Fsp3) is 0.318. The highest BCUT2D eigenvalue weighted by Gasteiger charge is 2.25. The van der Waals surface area contributed by atoms with E-state index in [1.54, 1.807) is 22.6 Å². The third-order valence-electron chi connectivity index (χ3n) is 5.16. The van der Waals surface area contributed by atoms with Crippen molar-refractivity contribution in [2.45, 2.75) is 44.4 Å². The molecule has 154 valence electrons. The zero-order valence-electron chi connectivity index (χ0n) is 17.4. The number of rotatable bonds is 5. The predicted octanol–water partition coefficient (Wildman–Crippen LogP) is 3.55. The van der Waals surface area contributed by atoms with E-state index in [0.29, 0.717) is 23.0 Å². The second kappa shape index (κ2) is 8.02. The van der Waals surface area contributed by atoms with Crippen LogP contribution in [0.2, 0.25) is 0 Å². The molecule has 1 atom stereocenters. The third-order valence-corrected chi connectivity index (χ3v) is 6.19. The van der Waals surface area contributed by atoms with E-state index < -0.39 is 0 Å². The topological polar surface area (TPSA) is 81.0 Å². The molecule has 0 N–H and O–H groups in total. The number of aromatic nitrogens is 4. The molecule has 8 heteroatoms. The van der Waals surface area contributed by atoms with Gasteiger partial charge in [0.15, 0.2) is 11.6 Å². The molecule has 4 rings (SSSR count). The molecule has 0 radical (unpaired) electrons. The van der Waals surface area contributed by atoms with Crippen LogP contribution in [0.4, 0.5) is 5.69 Å². The van der Waals surface area contributed by atoms with Gasteiger partial charge in [0.05, 0.1) is 10.9 Å². The van der Waals surface area contributed by atoms with Gasteiger partial charge in [-0.1, -0.05) is 11.8 Å². The Hall–Kier alpha value is -3.00. The third kappa shape index (κ3) is 3.87. The maximum absolute atomic E-state index is 12.9. The summed E-state index contributed by atoms with van der Waals surface area (Å²) in [6.07, 6.45) is 0.775. The molecule has 3 aromatic rings. The minimum Gasteiger partial charge on any atom is -0.312 e. The Morgan fingerprint density at radius 1 is 1.10 bits per heavy atom. The molecule has 0 saturated carbocycles. The number of nitrogens with zero attached hydrogens (tertiary/aromatic N) is 5. The van der Waals surface area contributed by atoms with Crippen molar-refractivity contribution in [2.75, 3.05) is 11.4 Å². The van der Waals surface area contributed by atoms with Gasteiger partial charge in [-0.05, 0) is 69.2 Å². The van der Waals surface area contributed by atoms with Gasteiger partial charge in [0.2, 0.25) is 5.91 Å². The second-order valence-electron chi connectivity index (χ2n) is 7.46. The van der Waals surface area contributed by atoms with Gasteiger partial charge in [-0.25, -0.2) is 4.68 Å². The molecule has 0 saturated heterocycles. The van der Waals surface area contributed by atoms with Crippen LogP contribution >= 0.6 is 11.8 Å². The maximum atomic E-state index is 12.9. The van der Waals surface area contributed by atoms with E-state index in [2.05, 4.69) is 15.3 Å². The molecule has 0 bridgehead atoms. The number of aryl methyl sites for hydroxylation is 2. The Kier molecular flexibility index (Phi) is 5.42. The van der Waals surface area contributed by atoms with Gasteiger partial charge < -0.3 is 4.90 Å². The SMILES string of the molecule is CC(=O)N1CCc2cc(C(=O)C(C)Sc3ccc(-n4nc(C)cc4C)nn3)ccc21. The molecular weight excluding hydrogens is 398 g/mol. The lowest BCUT2D eigenvalue weighted by Crippen LogP contribution is -2.25. The van der Waals surface area contributed by atoms with Crippen molar-refractivity contribution < 1.29 is 9.59 Å². The van der Waals surface area contributed by atoms with Crippen LogP contribution in [-0.4, -0.2) is 43.5 Å². The molecule has 0 spiro atoms. The van der Waals surface area contributed by atoms with Crippen molar-refractivity contribution in [1.29, 1.82) is 0 Å². The summed E-state index contributed by atoms with van der Waals surface area (Å²) >= 11 is 1.38. The minimum atomic E-state index is -0.304. The smallest absolute Gasteiger partial charge is 0.223 e. The first-order valence-electron chi connectivity index (χ1n) is 9.83. The van der Waals surface area contributed by atoms with Crippen LogP contribution in [-0.2, 0) is 11.2 Å². The Morgan fingerprint density at radius 2 is 1.90 bits per heavy atom. The highest BCUT2D eigenvalue weighted by Crippen LogP contribution is 2.31. The van der Waals surface area contributed by atoms with Crippen molar-refractivity contribution in [3.63, 3.8) is 0 Å². The van der Waals surface area contributed by atoms with Gasteiger partial charge in [-0.3, -0.25) is 9.59 Å². The van der Waals surface area contributed by atoms with Gasteiger partial charge in [0, 0.05) is 30.4 Å². The van der Waals surface area contributed by atoms with E-state index in [0.717, 1.165) is 29.1 Å². The molecule has 1 aliphatic rings. The van der Waals surface area contributed by atoms with Crippen molar-refractivity contribution in [3.8, 4) is 5.82 Å². The molecule has 1 aromatic carbocycles. The Morgan fingerprint density at radius 3 is 2.53 bits per heavy atom. The predicted molar refractivity (Wildman–Crippen MR) is 116 cm³/mol. The van der Waals surface area contributed by atoms with Gasteiger partial charge in [0.1, 0.15) is 5.03 Å². The second-order valence-corrected chi connectivity index (χ2v) is 8.82. The number of benzene rings is 1. The van der Waals surface area contributed by atoms with E-state index in [-0.39, 0.29) is 16.9 Å². The Bertz CT molecular complexity index is 1120. The number of hydrogen-bond donors (Lipinski definition) is 0. The first-order chi connectivity index (χ1) is 14.3. The largest absolute Gasteiger partial charge is 0.312 e. The van der Waals surface area contributed by atoms with Crippen molar-refractivity contribution >= 4 is 29.1 Å². The summed E-state index contributed by atoms with van der Waals surface area (Å²) in [5.41, 5.74) is 4.53. The summed E-state index contributed by atoms with van der Waals surface area (Å²) in [7, 11) is 0. The molecule has 2 aromatic heterocycles. The van der Waals surface area contributed by atoms with Gasteiger partial charge >= 0.3 is 0 Å². The van der Waals surface area contributed by atoms with E-state index in [1.165, 1.54) is 11.8 Å². The average molecular weight is 422 g/mol. The lowest BCUT2D eigenvalue weighted by molar-refractivity contribution is -0.116. The molecular formula is C22H23N5O2S. The van der Waals surface area contributed by atoms with E-state index in [9.17, 15) is 9.59 Å². The zero-order valence-corrected chi connectivity index (χ0v) is 18.2. The van der Waals surface area contributed by atoms with E-state index >= 15 is 0 Å². The summed E-state index contributed by atoms with van der Waals surface area (Å²) in [5, 5.41) is 13.3. The number of anilines is 1. The van der Waals surface area contributed by atoms with E-state index in [1.807, 2.05) is 51.1 Å². The summed E-state index contributed by atoms with van der Waals surface area (Å²) in [5.74, 6) is 0.713. The number of Topliss-reactive ketones (excluding diaryl/α,β-unsaturated/α-hetero) is 1. The van der Waals surface area contributed by atoms with Crippen LogP contribution in [0.3, 0.4) is 0 Å². The quantitative estimate of drug-likeness (QED) is 0.463. The van der Waals surface area contributed by atoms with Crippen LogP contribution in [0, 0.1) is 13.8 Å². The molecule has 1 unspecified atom stereocenters. The first kappa shape index (κ1) is 20.3. The molecule has 0 fully saturated rings. The van der Waals surface area contributed by atoms with Gasteiger partial charge in [-0.15, -0.1) is 10.2 Å². The van der Waals surface area contributed by atoms with Crippen LogP contribution < -0.4 is 4.90 Å². The fourth-order valence-corrected chi connectivity index (χ4v) is 4.54. The van der Waals surface area contributed by atoms with Gasteiger partial charge in [0.25, 0.3) is 0 Å². The molecule has 30 heavy (non-hydrogen) atoms. The minimum absolute atomic E-state index is 0.0271. The lowest BCUT2D eigenvalue weighted by Gasteiger charge is -2.15. The highest BCUT2D eigenvalue weighted by molar-refractivity contribution is 8.00. The summed E-state index contributed by atoms with van der Waals surface area (Å²) < 4.78 is 1.75. The number of thioether (sulfide) groups is 1. The summed E-state index contributed by atoms with van der Waals surface area (Å²) in [4.78, 5) is 26.4. The molecule has 1 aliphatic heterocycles. The van der Waals surface area contributed by atoms with Crippen molar-refractivity contribution in [2.24, 2.45) is 0 Å². The summed E-state index contributed by atoms with van der Waals surface area (Å²) in [6, 6.07) is 11.3. The monoisotopic (exact) mass is 421 g/mol. The average Bonchev–Trinajstić information content (AvgIpc) is 3.30.